The number of aryl methyl sites for hydroxylation is 2. The minimum Gasteiger partial charge on any atom is -0.497 e. The Balaban J connectivity index is 2.09. The average Bonchev–Trinajstić information content (AvgIpc) is 2.86. The standard InChI is InChI=1S/C15H16ClNO4/c1-4-13-14(9(2)21-17-13)15(18)20-8-10-5-6-11(19-3)7-12(10)16/h5-7H,4,8H2,1-3H3. The van der Waals surface area contributed by atoms with Gasteiger partial charge in [0.15, 0.2) is 0 Å². The van der Waals surface area contributed by atoms with Crippen LogP contribution in [0.4, 0.5) is 0 Å². The van der Waals surface area contributed by atoms with Crippen molar-refractivity contribution in [3.63, 3.8) is 0 Å². The van der Waals surface area contributed by atoms with Gasteiger partial charge < -0.3 is 14.0 Å². The van der Waals surface area contributed by atoms with Gasteiger partial charge in [-0.05, 0) is 25.5 Å². The van der Waals surface area contributed by atoms with Crippen LogP contribution in [-0.2, 0) is 17.8 Å². The molecule has 0 aliphatic heterocycles. The molecule has 0 fully saturated rings. The molecule has 0 aliphatic carbocycles. The molecule has 0 bridgehead atoms. The number of rotatable bonds is 5. The number of nitrogens with zero attached hydrogens (tertiary/aromatic N) is 1. The van der Waals surface area contributed by atoms with Gasteiger partial charge in [-0.3, -0.25) is 0 Å². The van der Waals surface area contributed by atoms with E-state index < -0.39 is 5.97 Å². The van der Waals surface area contributed by atoms with E-state index in [1.165, 1.54) is 0 Å². The number of ether oxygens (including phenoxy) is 2. The van der Waals surface area contributed by atoms with Gasteiger partial charge in [0.1, 0.15) is 23.7 Å². The van der Waals surface area contributed by atoms with Crippen LogP contribution in [0.5, 0.6) is 5.75 Å². The first-order chi connectivity index (χ1) is 10.1. The van der Waals surface area contributed by atoms with Gasteiger partial charge in [0.05, 0.1) is 17.8 Å². The van der Waals surface area contributed by atoms with Crippen molar-refractivity contribution in [1.82, 2.24) is 5.16 Å². The average molecular weight is 310 g/mol. The van der Waals surface area contributed by atoms with Crippen molar-refractivity contribution < 1.29 is 18.8 Å². The van der Waals surface area contributed by atoms with Crippen LogP contribution in [0.25, 0.3) is 0 Å². The Hall–Kier alpha value is -2.01. The molecule has 0 atom stereocenters. The molecule has 1 aromatic heterocycles. The van der Waals surface area contributed by atoms with Gasteiger partial charge in [-0.15, -0.1) is 0 Å². The summed E-state index contributed by atoms with van der Waals surface area (Å²) < 4.78 is 15.4. The summed E-state index contributed by atoms with van der Waals surface area (Å²) in [6, 6.07) is 5.19. The number of aromatic nitrogens is 1. The molecule has 0 unspecified atom stereocenters. The van der Waals surface area contributed by atoms with E-state index in [0.717, 1.165) is 0 Å². The molecule has 0 radical (unpaired) electrons. The number of hydrogen-bond acceptors (Lipinski definition) is 5. The maximum atomic E-state index is 12.1. The smallest absolute Gasteiger partial charge is 0.344 e. The minimum absolute atomic E-state index is 0.0788. The molecular weight excluding hydrogens is 294 g/mol. The summed E-state index contributed by atoms with van der Waals surface area (Å²) in [5, 5.41) is 4.32. The van der Waals surface area contributed by atoms with Gasteiger partial charge in [0, 0.05) is 5.56 Å². The number of esters is 1. The summed E-state index contributed by atoms with van der Waals surface area (Å²) >= 11 is 6.10. The summed E-state index contributed by atoms with van der Waals surface area (Å²) in [7, 11) is 1.56. The second-order valence-corrected chi connectivity index (χ2v) is 4.85. The van der Waals surface area contributed by atoms with Crippen LogP contribution < -0.4 is 4.74 Å². The van der Waals surface area contributed by atoms with Crippen molar-refractivity contribution in [3.8, 4) is 5.75 Å². The van der Waals surface area contributed by atoms with Crippen LogP contribution >= 0.6 is 11.6 Å². The van der Waals surface area contributed by atoms with Crippen LogP contribution in [0.15, 0.2) is 22.7 Å². The first-order valence-electron chi connectivity index (χ1n) is 6.51. The fraction of sp³-hybridized carbons (Fsp3) is 0.333. The lowest BCUT2D eigenvalue weighted by molar-refractivity contribution is 0.0470. The summed E-state index contributed by atoms with van der Waals surface area (Å²) in [6.07, 6.45) is 0.602. The maximum absolute atomic E-state index is 12.1. The van der Waals surface area contributed by atoms with Crippen molar-refractivity contribution in [2.45, 2.75) is 26.9 Å². The lowest BCUT2D eigenvalue weighted by Crippen LogP contribution is -2.08. The summed E-state index contributed by atoms with van der Waals surface area (Å²) in [5.74, 6) is 0.647. The monoisotopic (exact) mass is 309 g/mol. The number of carbonyl (C=O) groups is 1. The summed E-state index contributed by atoms with van der Waals surface area (Å²) in [6.45, 7) is 3.66. The number of hydrogen-bond donors (Lipinski definition) is 0. The molecule has 0 amide bonds. The van der Waals surface area contributed by atoms with Crippen molar-refractivity contribution in [3.05, 3.63) is 45.8 Å². The third-order valence-corrected chi connectivity index (χ3v) is 3.44. The van der Waals surface area contributed by atoms with Crippen molar-refractivity contribution in [1.29, 1.82) is 0 Å². The van der Waals surface area contributed by atoms with Crippen molar-refractivity contribution >= 4 is 17.6 Å². The molecular formula is C15H16ClNO4. The van der Waals surface area contributed by atoms with Gasteiger partial charge in [-0.2, -0.15) is 0 Å². The van der Waals surface area contributed by atoms with Crippen LogP contribution in [0.1, 0.15) is 34.3 Å². The Morgan fingerprint density at radius 1 is 1.43 bits per heavy atom. The van der Waals surface area contributed by atoms with Gasteiger partial charge in [0.25, 0.3) is 0 Å². The lowest BCUT2D eigenvalue weighted by Gasteiger charge is -2.08. The van der Waals surface area contributed by atoms with E-state index in [9.17, 15) is 4.79 Å². The van der Waals surface area contributed by atoms with Gasteiger partial charge in [-0.1, -0.05) is 29.7 Å². The minimum atomic E-state index is -0.461. The van der Waals surface area contributed by atoms with E-state index in [0.29, 0.717) is 39.8 Å². The largest absolute Gasteiger partial charge is 0.497 e. The molecule has 1 aromatic carbocycles. The zero-order chi connectivity index (χ0) is 15.4. The van der Waals surface area contributed by atoms with E-state index in [4.69, 9.17) is 25.6 Å². The third-order valence-electron chi connectivity index (χ3n) is 3.09. The second kappa shape index (κ2) is 6.63. The van der Waals surface area contributed by atoms with Gasteiger partial charge in [0.2, 0.25) is 0 Å². The molecule has 2 aromatic rings. The molecule has 0 saturated heterocycles. The molecule has 5 nitrogen and oxygen atoms in total. The highest BCUT2D eigenvalue weighted by Gasteiger charge is 2.20. The molecule has 2 rings (SSSR count). The fourth-order valence-electron chi connectivity index (χ4n) is 1.91. The Kier molecular flexibility index (Phi) is 4.85. The van der Waals surface area contributed by atoms with Crippen LogP contribution in [0, 0.1) is 6.92 Å². The molecule has 0 N–H and O–H groups in total. The number of carbonyl (C=O) groups excluding carboxylic acids is 1. The zero-order valence-corrected chi connectivity index (χ0v) is 12.9. The third kappa shape index (κ3) is 3.36. The van der Waals surface area contributed by atoms with Crippen LogP contribution in [0.2, 0.25) is 5.02 Å². The second-order valence-electron chi connectivity index (χ2n) is 4.45. The number of benzene rings is 1. The Morgan fingerprint density at radius 3 is 2.81 bits per heavy atom. The Bertz CT molecular complexity index is 651. The topological polar surface area (TPSA) is 61.6 Å². The van der Waals surface area contributed by atoms with E-state index in [2.05, 4.69) is 5.16 Å². The quantitative estimate of drug-likeness (QED) is 0.790. The fourth-order valence-corrected chi connectivity index (χ4v) is 2.13. The highest BCUT2D eigenvalue weighted by molar-refractivity contribution is 6.31. The molecule has 0 saturated carbocycles. The number of methoxy groups -OCH3 is 1. The summed E-state index contributed by atoms with van der Waals surface area (Å²) in [4.78, 5) is 12.1. The normalized spacial score (nSPS) is 10.5. The summed E-state index contributed by atoms with van der Waals surface area (Å²) in [5.41, 5.74) is 1.69. The van der Waals surface area contributed by atoms with E-state index in [1.54, 1.807) is 32.2 Å². The van der Waals surface area contributed by atoms with Crippen molar-refractivity contribution in [2.75, 3.05) is 7.11 Å². The van der Waals surface area contributed by atoms with Crippen molar-refractivity contribution in [2.24, 2.45) is 0 Å². The predicted molar refractivity (Wildman–Crippen MR) is 77.7 cm³/mol. The first-order valence-corrected chi connectivity index (χ1v) is 6.89. The van der Waals surface area contributed by atoms with E-state index >= 15 is 0 Å². The lowest BCUT2D eigenvalue weighted by atomic mass is 10.1. The number of halogens is 1. The molecule has 0 spiro atoms. The zero-order valence-electron chi connectivity index (χ0n) is 12.1. The highest BCUT2D eigenvalue weighted by atomic mass is 35.5. The Labute approximate surface area is 127 Å². The molecule has 21 heavy (non-hydrogen) atoms. The molecule has 1 heterocycles. The predicted octanol–water partition coefficient (Wildman–Crippen LogP) is 3.56. The van der Waals surface area contributed by atoms with E-state index in [-0.39, 0.29) is 6.61 Å². The molecule has 112 valence electrons. The van der Waals surface area contributed by atoms with Crippen LogP contribution in [0.3, 0.4) is 0 Å². The Morgan fingerprint density at radius 2 is 2.19 bits per heavy atom. The van der Waals surface area contributed by atoms with Gasteiger partial charge in [-0.25, -0.2) is 4.79 Å². The van der Waals surface area contributed by atoms with Gasteiger partial charge >= 0.3 is 5.97 Å². The maximum Gasteiger partial charge on any atom is 0.344 e. The highest BCUT2D eigenvalue weighted by Crippen LogP contribution is 2.24. The molecule has 0 aliphatic rings. The SMILES string of the molecule is CCc1noc(C)c1C(=O)OCc1ccc(OC)cc1Cl. The first kappa shape index (κ1) is 15.4. The van der Waals surface area contributed by atoms with Crippen LogP contribution in [-0.4, -0.2) is 18.2 Å². The van der Waals surface area contributed by atoms with E-state index in [1.807, 2.05) is 6.92 Å². The molecule has 6 heteroatoms.